The van der Waals surface area contributed by atoms with E-state index in [1.54, 1.807) is 6.92 Å². The van der Waals surface area contributed by atoms with E-state index in [9.17, 15) is 23.7 Å². The van der Waals surface area contributed by atoms with Crippen LogP contribution in [0, 0.1) is 6.92 Å². The van der Waals surface area contributed by atoms with Gasteiger partial charge in [0.15, 0.2) is 0 Å². The van der Waals surface area contributed by atoms with Crippen molar-refractivity contribution >= 4 is 22.8 Å². The van der Waals surface area contributed by atoms with E-state index in [0.29, 0.717) is 11.4 Å². The number of carbonyl (C=O) groups is 1. The fourth-order valence-electron chi connectivity index (χ4n) is 1.97. The second kappa shape index (κ2) is 9.99. The molecule has 0 aliphatic heterocycles. The fourth-order valence-corrected chi connectivity index (χ4v) is 3.39. The summed E-state index contributed by atoms with van der Waals surface area (Å²) in [5.74, 6) is 0.186. The molecular formula is C15H23N3O5S. The number of rotatable bonds is 9. The van der Waals surface area contributed by atoms with Crippen molar-refractivity contribution in [2.75, 3.05) is 18.1 Å². The van der Waals surface area contributed by atoms with Crippen LogP contribution in [0.4, 0.5) is 0 Å². The summed E-state index contributed by atoms with van der Waals surface area (Å²) < 4.78 is 11.8. The normalized spacial score (nSPS) is 13.8. The summed E-state index contributed by atoms with van der Waals surface area (Å²) >= 11 is 0. The number of nitrogens with one attached hydrogen (secondary N) is 3. The molecule has 0 aromatic carbocycles. The van der Waals surface area contributed by atoms with Crippen molar-refractivity contribution in [2.45, 2.75) is 32.7 Å². The van der Waals surface area contributed by atoms with Crippen LogP contribution in [0.2, 0.25) is 0 Å². The van der Waals surface area contributed by atoms with Crippen molar-refractivity contribution < 1.29 is 14.1 Å². The minimum absolute atomic E-state index is 0.164. The van der Waals surface area contributed by atoms with E-state index in [0.717, 1.165) is 18.9 Å². The topological polar surface area (TPSA) is 132 Å². The summed E-state index contributed by atoms with van der Waals surface area (Å²) in [7, 11) is -1.11. The smallest absolute Gasteiger partial charge is 0.325 e. The predicted molar refractivity (Wildman–Crippen MR) is 93.3 cm³/mol. The van der Waals surface area contributed by atoms with Crippen molar-refractivity contribution in [3.8, 4) is 0 Å². The Morgan fingerprint density at radius 3 is 2.67 bits per heavy atom. The molecule has 0 saturated carbocycles. The highest BCUT2D eigenvalue weighted by Crippen LogP contribution is 1.99. The average Bonchev–Trinajstić information content (AvgIpc) is 2.51. The molecule has 1 amide bonds. The summed E-state index contributed by atoms with van der Waals surface area (Å²) in [4.78, 5) is 39.1. The Morgan fingerprint density at radius 2 is 2.08 bits per heavy atom. The number of aliphatic hydroxyl groups excluding tert-OH is 1. The van der Waals surface area contributed by atoms with Crippen LogP contribution in [-0.2, 0) is 15.6 Å². The van der Waals surface area contributed by atoms with Crippen LogP contribution in [0.15, 0.2) is 15.7 Å². The molecule has 0 bridgehead atoms. The molecule has 134 valence electrons. The Hall–Kier alpha value is -2.00. The van der Waals surface area contributed by atoms with E-state index in [2.05, 4.69) is 15.3 Å². The highest BCUT2D eigenvalue weighted by atomic mass is 32.2. The summed E-state index contributed by atoms with van der Waals surface area (Å²) in [5, 5.41) is 11.8. The van der Waals surface area contributed by atoms with E-state index in [-0.39, 0.29) is 17.9 Å². The van der Waals surface area contributed by atoms with Gasteiger partial charge in [-0.25, -0.2) is 4.79 Å². The van der Waals surface area contributed by atoms with Gasteiger partial charge in [-0.1, -0.05) is 13.3 Å². The zero-order valence-corrected chi connectivity index (χ0v) is 14.6. The number of carbonyl (C=O) groups excluding carboxylic acids is 1. The third-order valence-electron chi connectivity index (χ3n) is 3.26. The number of unbranched alkanes of at least 4 members (excludes halogenated alkanes) is 1. The molecule has 2 unspecified atom stereocenters. The van der Waals surface area contributed by atoms with Gasteiger partial charge in [-0.2, -0.15) is 0 Å². The first-order valence-electron chi connectivity index (χ1n) is 7.65. The standard InChI is InChI=1S/C15H23N3O5S/c1-3-4-7-24(23)9-11(8-19)17-13(20)6-5-12-10(2)16-15(22)18-14(12)21/h5-6,11,19H,3-4,7-9H2,1-2H3,(H,17,20)(H2,16,18,21,22)/b6-5+. The van der Waals surface area contributed by atoms with Gasteiger partial charge in [0, 0.05) is 34.1 Å². The molecule has 8 nitrogen and oxygen atoms in total. The van der Waals surface area contributed by atoms with Crippen LogP contribution < -0.4 is 16.6 Å². The Balaban J connectivity index is 2.69. The highest BCUT2D eigenvalue weighted by molar-refractivity contribution is 7.85. The number of amides is 1. The van der Waals surface area contributed by atoms with Gasteiger partial charge in [0.2, 0.25) is 5.91 Å². The van der Waals surface area contributed by atoms with Gasteiger partial charge in [-0.3, -0.25) is 18.8 Å². The van der Waals surface area contributed by atoms with Gasteiger partial charge >= 0.3 is 5.69 Å². The van der Waals surface area contributed by atoms with Crippen LogP contribution in [0.25, 0.3) is 6.08 Å². The van der Waals surface area contributed by atoms with E-state index in [1.807, 2.05) is 6.92 Å². The lowest BCUT2D eigenvalue weighted by atomic mass is 10.2. The SMILES string of the molecule is CCCCS(=O)CC(CO)NC(=O)/C=C/c1c(C)[nH]c(=O)[nH]c1=O. The van der Waals surface area contributed by atoms with Gasteiger partial charge in [-0.05, 0) is 19.4 Å². The van der Waals surface area contributed by atoms with E-state index in [1.165, 1.54) is 6.08 Å². The Labute approximate surface area is 141 Å². The molecule has 1 rings (SSSR count). The number of H-pyrrole nitrogens is 2. The molecule has 1 heterocycles. The van der Waals surface area contributed by atoms with Crippen LogP contribution >= 0.6 is 0 Å². The molecule has 24 heavy (non-hydrogen) atoms. The number of aromatic nitrogens is 2. The molecule has 0 aliphatic carbocycles. The van der Waals surface area contributed by atoms with Crippen LogP contribution in [-0.4, -0.2) is 49.3 Å². The molecular weight excluding hydrogens is 334 g/mol. The average molecular weight is 357 g/mol. The molecule has 9 heteroatoms. The number of hydrogen-bond donors (Lipinski definition) is 4. The lowest BCUT2D eigenvalue weighted by Gasteiger charge is -2.14. The molecule has 0 fully saturated rings. The Kier molecular flexibility index (Phi) is 8.34. The molecule has 0 aliphatic rings. The molecule has 0 spiro atoms. The van der Waals surface area contributed by atoms with E-state index >= 15 is 0 Å². The van der Waals surface area contributed by atoms with Crippen molar-refractivity contribution in [3.05, 3.63) is 38.2 Å². The third kappa shape index (κ3) is 6.63. The third-order valence-corrected chi connectivity index (χ3v) is 4.78. The van der Waals surface area contributed by atoms with Gasteiger partial charge in [0.25, 0.3) is 5.56 Å². The zero-order valence-electron chi connectivity index (χ0n) is 13.8. The first-order chi connectivity index (χ1) is 11.4. The summed E-state index contributed by atoms with van der Waals surface area (Å²) in [6.45, 7) is 3.21. The maximum atomic E-state index is 11.9. The summed E-state index contributed by atoms with van der Waals surface area (Å²) in [6, 6.07) is -0.616. The first kappa shape index (κ1) is 20.0. The number of hydrogen-bond acceptors (Lipinski definition) is 5. The Bertz CT molecular complexity index is 723. The molecule has 1 aromatic rings. The van der Waals surface area contributed by atoms with Crippen molar-refractivity contribution in [1.82, 2.24) is 15.3 Å². The maximum Gasteiger partial charge on any atom is 0.325 e. The molecule has 0 radical (unpaired) electrons. The number of aliphatic hydroxyl groups is 1. The monoisotopic (exact) mass is 357 g/mol. The van der Waals surface area contributed by atoms with Gasteiger partial charge < -0.3 is 15.4 Å². The Morgan fingerprint density at radius 1 is 1.38 bits per heavy atom. The van der Waals surface area contributed by atoms with Gasteiger partial charge in [-0.15, -0.1) is 0 Å². The lowest BCUT2D eigenvalue weighted by molar-refractivity contribution is -0.117. The first-order valence-corrected chi connectivity index (χ1v) is 9.13. The van der Waals surface area contributed by atoms with Gasteiger partial charge in [0.05, 0.1) is 18.2 Å². The minimum Gasteiger partial charge on any atom is -0.394 e. The van der Waals surface area contributed by atoms with E-state index < -0.39 is 34.0 Å². The van der Waals surface area contributed by atoms with Gasteiger partial charge in [0.1, 0.15) is 0 Å². The molecule has 0 saturated heterocycles. The van der Waals surface area contributed by atoms with Crippen LogP contribution in [0.1, 0.15) is 31.0 Å². The lowest BCUT2D eigenvalue weighted by Crippen LogP contribution is -2.40. The fraction of sp³-hybridized carbons (Fsp3) is 0.533. The molecule has 2 atom stereocenters. The predicted octanol–water partition coefficient (Wildman–Crippen LogP) is -0.589. The number of aromatic amines is 2. The second-order valence-corrected chi connectivity index (χ2v) is 6.95. The number of aryl methyl sites for hydroxylation is 1. The van der Waals surface area contributed by atoms with Crippen LogP contribution in [0.3, 0.4) is 0 Å². The molecule has 4 N–H and O–H groups in total. The summed E-state index contributed by atoms with van der Waals surface area (Å²) in [6.07, 6.45) is 4.17. The summed E-state index contributed by atoms with van der Waals surface area (Å²) in [5.41, 5.74) is -0.710. The molecule has 1 aromatic heterocycles. The van der Waals surface area contributed by atoms with Crippen molar-refractivity contribution in [3.63, 3.8) is 0 Å². The largest absolute Gasteiger partial charge is 0.394 e. The highest BCUT2D eigenvalue weighted by Gasteiger charge is 2.13. The quantitative estimate of drug-likeness (QED) is 0.439. The van der Waals surface area contributed by atoms with Crippen LogP contribution in [0.5, 0.6) is 0 Å². The second-order valence-electron chi connectivity index (χ2n) is 5.33. The minimum atomic E-state index is -1.11. The van der Waals surface area contributed by atoms with Crippen molar-refractivity contribution in [1.29, 1.82) is 0 Å². The van der Waals surface area contributed by atoms with Crippen molar-refractivity contribution in [2.24, 2.45) is 0 Å². The maximum absolute atomic E-state index is 11.9. The van der Waals surface area contributed by atoms with E-state index in [4.69, 9.17) is 0 Å². The zero-order chi connectivity index (χ0) is 18.1.